The largest absolute Gasteiger partial charge is 0.351 e. The van der Waals surface area contributed by atoms with Gasteiger partial charge in [-0.3, -0.25) is 4.40 Å². The van der Waals surface area contributed by atoms with Gasteiger partial charge in [-0.15, -0.1) is 0 Å². The van der Waals surface area contributed by atoms with Gasteiger partial charge in [0.2, 0.25) is 11.6 Å². The lowest BCUT2D eigenvalue weighted by atomic mass is 9.97. The lowest BCUT2D eigenvalue weighted by Crippen LogP contribution is -2.48. The molecule has 7 nitrogen and oxygen atoms in total. The van der Waals surface area contributed by atoms with Crippen LogP contribution in [0.15, 0.2) is 55.0 Å². The third kappa shape index (κ3) is 3.33. The highest BCUT2D eigenvalue weighted by atomic mass is 19.1. The number of imidazole rings is 1. The van der Waals surface area contributed by atoms with Gasteiger partial charge in [0, 0.05) is 65.8 Å². The molecule has 2 bridgehead atoms. The Labute approximate surface area is 218 Å². The van der Waals surface area contributed by atoms with Crippen molar-refractivity contribution >= 4 is 28.2 Å². The van der Waals surface area contributed by atoms with Gasteiger partial charge in [-0.1, -0.05) is 12.1 Å². The number of aryl methyl sites for hydroxylation is 1. The van der Waals surface area contributed by atoms with Crippen LogP contribution in [0.4, 0.5) is 20.4 Å². The zero-order valence-corrected chi connectivity index (χ0v) is 20.8. The number of nitrogens with two attached hydrogens (primary N) is 1. The highest BCUT2D eigenvalue weighted by molar-refractivity contribution is 5.95. The van der Waals surface area contributed by atoms with Crippen LogP contribution >= 0.6 is 0 Å². The van der Waals surface area contributed by atoms with Gasteiger partial charge in [0.15, 0.2) is 0 Å². The first kappa shape index (κ1) is 22.9. The zero-order valence-electron chi connectivity index (χ0n) is 20.8. The van der Waals surface area contributed by atoms with Gasteiger partial charge in [-0.2, -0.15) is 0 Å². The van der Waals surface area contributed by atoms with Crippen molar-refractivity contribution in [1.29, 1.82) is 0 Å². The number of aromatic nitrogens is 4. The molecular weight excluding hydrogens is 484 g/mol. The van der Waals surface area contributed by atoms with Crippen molar-refractivity contribution in [2.24, 2.45) is 12.8 Å². The molecular formula is C29H25F2N7. The molecule has 9 heteroatoms. The van der Waals surface area contributed by atoms with Gasteiger partial charge in [0.1, 0.15) is 17.3 Å². The minimum absolute atomic E-state index is 0.0723. The summed E-state index contributed by atoms with van der Waals surface area (Å²) in [5.41, 5.74) is 9.38. The maximum atomic E-state index is 15.8. The maximum Gasteiger partial charge on any atom is 0.222 e. The topological polar surface area (TPSA) is 68.7 Å². The van der Waals surface area contributed by atoms with E-state index in [1.165, 1.54) is 18.2 Å². The molecule has 38 heavy (non-hydrogen) atoms. The molecule has 5 aromatic rings. The molecule has 2 aliphatic rings. The lowest BCUT2D eigenvalue weighted by molar-refractivity contribution is 0.408. The van der Waals surface area contributed by atoms with E-state index in [0.29, 0.717) is 34.0 Å². The fourth-order valence-electron chi connectivity index (χ4n) is 6.38. The van der Waals surface area contributed by atoms with Crippen molar-refractivity contribution in [3.63, 3.8) is 0 Å². The van der Waals surface area contributed by atoms with E-state index in [4.69, 9.17) is 17.3 Å². The molecule has 2 aromatic carbocycles. The summed E-state index contributed by atoms with van der Waals surface area (Å²) in [6, 6.07) is 10.2. The molecule has 2 N–H and O–H groups in total. The van der Waals surface area contributed by atoms with Crippen LogP contribution in [0.1, 0.15) is 25.7 Å². The molecule has 7 rings (SSSR count). The molecule has 5 heterocycles. The van der Waals surface area contributed by atoms with Gasteiger partial charge in [-0.25, -0.2) is 23.6 Å². The fourth-order valence-corrected chi connectivity index (χ4v) is 6.38. The van der Waals surface area contributed by atoms with Gasteiger partial charge < -0.3 is 15.2 Å². The van der Waals surface area contributed by atoms with Crippen LogP contribution in [0.5, 0.6) is 0 Å². The van der Waals surface area contributed by atoms with E-state index < -0.39 is 11.6 Å². The third-order valence-electron chi connectivity index (χ3n) is 8.11. The summed E-state index contributed by atoms with van der Waals surface area (Å²) in [5, 5.41) is 0.785. The third-order valence-corrected chi connectivity index (χ3v) is 8.11. The lowest BCUT2D eigenvalue weighted by Gasteiger charge is -2.39. The number of hydrogen-bond donors (Lipinski definition) is 1. The molecule has 0 radical (unpaired) electrons. The second kappa shape index (κ2) is 8.36. The molecule has 2 aliphatic heterocycles. The van der Waals surface area contributed by atoms with E-state index in [1.807, 2.05) is 34.5 Å². The monoisotopic (exact) mass is 509 g/mol. The predicted molar refractivity (Wildman–Crippen MR) is 143 cm³/mol. The number of fused-ring (bicyclic) bond motifs is 4. The molecule has 2 unspecified atom stereocenters. The van der Waals surface area contributed by atoms with Crippen LogP contribution in [0, 0.1) is 18.2 Å². The average molecular weight is 510 g/mol. The molecule has 0 amide bonds. The summed E-state index contributed by atoms with van der Waals surface area (Å²) in [6.45, 7) is 7.26. The van der Waals surface area contributed by atoms with Gasteiger partial charge >= 0.3 is 0 Å². The number of piperidine rings is 1. The Kier molecular flexibility index (Phi) is 5.03. The van der Waals surface area contributed by atoms with Gasteiger partial charge in [0.05, 0.1) is 17.8 Å². The predicted octanol–water partition coefficient (Wildman–Crippen LogP) is 5.84. The minimum Gasteiger partial charge on any atom is -0.351 e. The van der Waals surface area contributed by atoms with Gasteiger partial charge in [0.25, 0.3) is 0 Å². The van der Waals surface area contributed by atoms with E-state index in [1.54, 1.807) is 18.3 Å². The van der Waals surface area contributed by atoms with Crippen molar-refractivity contribution in [3.8, 4) is 22.4 Å². The molecule has 0 saturated carbocycles. The van der Waals surface area contributed by atoms with E-state index >= 15 is 4.39 Å². The molecule has 190 valence electrons. The average Bonchev–Trinajstić information content (AvgIpc) is 3.59. The second-order valence-electron chi connectivity index (χ2n) is 10.4. The Hall–Kier alpha value is -4.29. The number of nitrogens with zero attached hydrogens (tertiary/aromatic N) is 6. The Morgan fingerprint density at radius 1 is 1.03 bits per heavy atom. The molecule has 0 aliphatic carbocycles. The second-order valence-corrected chi connectivity index (χ2v) is 10.4. The highest BCUT2D eigenvalue weighted by Crippen LogP contribution is 2.43. The minimum atomic E-state index is -0.641. The Bertz CT molecular complexity index is 1770. The van der Waals surface area contributed by atoms with Crippen LogP contribution in [0.2, 0.25) is 0 Å². The van der Waals surface area contributed by atoms with Crippen molar-refractivity contribution < 1.29 is 8.78 Å². The SMILES string of the molecule is [C-]#[N+]c1ccc(-c2nc(N3C4CCC3CC(N)C4)n3ccnc3c2-c2cc3c(ccn3C)cc2F)cc1F. The summed E-state index contributed by atoms with van der Waals surface area (Å²) < 4.78 is 34.5. The number of benzene rings is 2. The van der Waals surface area contributed by atoms with E-state index in [-0.39, 0.29) is 23.8 Å². The quantitative estimate of drug-likeness (QED) is 0.310. The van der Waals surface area contributed by atoms with Crippen LogP contribution in [-0.2, 0) is 7.05 Å². The number of rotatable bonds is 3. The first-order chi connectivity index (χ1) is 18.4. The normalized spacial score (nSPS) is 20.9. The van der Waals surface area contributed by atoms with Crippen LogP contribution in [0.25, 0.3) is 43.8 Å². The maximum absolute atomic E-state index is 15.8. The summed E-state index contributed by atoms with van der Waals surface area (Å²) in [4.78, 5) is 15.4. The summed E-state index contributed by atoms with van der Waals surface area (Å²) in [7, 11) is 1.91. The Balaban J connectivity index is 1.54. The van der Waals surface area contributed by atoms with Crippen molar-refractivity contribution in [2.45, 2.75) is 43.8 Å². The van der Waals surface area contributed by atoms with Gasteiger partial charge in [-0.05, 0) is 49.9 Å². The molecule has 0 spiro atoms. The van der Waals surface area contributed by atoms with Crippen molar-refractivity contribution in [1.82, 2.24) is 18.9 Å². The Morgan fingerprint density at radius 3 is 2.55 bits per heavy atom. The highest BCUT2D eigenvalue weighted by Gasteiger charge is 2.42. The molecule has 2 saturated heterocycles. The summed E-state index contributed by atoms with van der Waals surface area (Å²) in [6.07, 6.45) is 9.22. The number of halogens is 2. The molecule has 2 fully saturated rings. The molecule has 2 atom stereocenters. The van der Waals surface area contributed by atoms with Crippen molar-refractivity contribution in [2.75, 3.05) is 4.90 Å². The van der Waals surface area contributed by atoms with Crippen LogP contribution in [0.3, 0.4) is 0 Å². The first-order valence-electron chi connectivity index (χ1n) is 12.8. The van der Waals surface area contributed by atoms with Crippen molar-refractivity contribution in [3.05, 3.63) is 78.0 Å². The zero-order chi connectivity index (χ0) is 26.1. The fraction of sp³-hybridized carbons (Fsp3) is 0.276. The Morgan fingerprint density at radius 2 is 1.82 bits per heavy atom. The smallest absolute Gasteiger partial charge is 0.222 e. The first-order valence-corrected chi connectivity index (χ1v) is 12.8. The summed E-state index contributed by atoms with van der Waals surface area (Å²) >= 11 is 0. The molecule has 3 aromatic heterocycles. The standard InChI is InChI=1S/C29H25F2N7/c1-33-24-6-3-17(12-23(24)31)27-26(21-15-25-16(11-22(21)30)7-9-36(25)2)28-34-8-10-37(28)29(35-27)38-19-4-5-20(38)14-18(32)13-19/h3,6-12,15,18-20H,4-5,13-14,32H2,2H3. The number of hydrogen-bond acceptors (Lipinski definition) is 4. The van der Waals surface area contributed by atoms with E-state index in [9.17, 15) is 4.39 Å². The number of anilines is 1. The van der Waals surface area contributed by atoms with Crippen LogP contribution in [-0.4, -0.2) is 37.1 Å². The van der Waals surface area contributed by atoms with E-state index in [2.05, 4.69) is 14.7 Å². The summed E-state index contributed by atoms with van der Waals surface area (Å²) in [5.74, 6) is -0.352. The van der Waals surface area contributed by atoms with Crippen LogP contribution < -0.4 is 10.6 Å². The van der Waals surface area contributed by atoms with E-state index in [0.717, 1.165) is 36.6 Å².